The maximum absolute atomic E-state index is 11.9. The predicted octanol–water partition coefficient (Wildman–Crippen LogP) is 2.85. The van der Waals surface area contributed by atoms with E-state index in [1.54, 1.807) is 6.07 Å². The van der Waals surface area contributed by atoms with Crippen molar-refractivity contribution in [3.63, 3.8) is 0 Å². The van der Waals surface area contributed by atoms with Crippen molar-refractivity contribution in [3.05, 3.63) is 24.1 Å². The highest BCUT2D eigenvalue weighted by Gasteiger charge is 2.13. The number of anilines is 1. The van der Waals surface area contributed by atoms with Crippen molar-refractivity contribution in [2.45, 2.75) is 45.6 Å². The Hall–Kier alpha value is -1.88. The summed E-state index contributed by atoms with van der Waals surface area (Å²) >= 11 is 0. The molecule has 1 aromatic carbocycles. The Morgan fingerprint density at radius 1 is 1.45 bits per heavy atom. The van der Waals surface area contributed by atoms with Gasteiger partial charge in [-0.05, 0) is 24.6 Å². The minimum absolute atomic E-state index is 0.156. The molecular weight excluding hydrogens is 254 g/mol. The number of nitrogens with two attached hydrogens (primary N) is 1. The van der Waals surface area contributed by atoms with Crippen molar-refractivity contribution in [3.8, 4) is 0 Å². The molecule has 0 saturated heterocycles. The molecule has 5 heteroatoms. The van der Waals surface area contributed by atoms with Gasteiger partial charge in [-0.1, -0.05) is 26.7 Å². The van der Waals surface area contributed by atoms with Gasteiger partial charge in [0.1, 0.15) is 5.52 Å². The minimum Gasteiger partial charge on any atom is -0.441 e. The first-order valence-corrected chi connectivity index (χ1v) is 7.10. The molecule has 2 aromatic rings. The fourth-order valence-electron chi connectivity index (χ4n) is 1.99. The third-order valence-corrected chi connectivity index (χ3v) is 3.21. The first kappa shape index (κ1) is 14.5. The summed E-state index contributed by atoms with van der Waals surface area (Å²) in [5.74, 6) is 0.542. The van der Waals surface area contributed by atoms with Crippen LogP contribution in [0.2, 0.25) is 0 Å². The summed E-state index contributed by atoms with van der Waals surface area (Å²) in [6, 6.07) is 4.96. The molecule has 0 spiro atoms. The summed E-state index contributed by atoms with van der Waals surface area (Å²) in [6.45, 7) is 4.06. The Bertz CT molecular complexity index is 592. The molecule has 108 valence electrons. The van der Waals surface area contributed by atoms with Crippen molar-refractivity contribution in [2.75, 3.05) is 5.32 Å². The number of oxazole rings is 1. The molecule has 0 aliphatic rings. The van der Waals surface area contributed by atoms with E-state index in [4.69, 9.17) is 10.2 Å². The monoisotopic (exact) mass is 275 g/mol. The molecule has 0 radical (unpaired) electrons. The first-order chi connectivity index (χ1) is 9.63. The van der Waals surface area contributed by atoms with E-state index in [9.17, 15) is 4.79 Å². The standard InChI is InChI=1S/C15H21N3O2/c1-3-5-6-11(16)15(19)17-10-7-8-13-12(9-10)18-14(4-2)20-13/h7-9,11H,3-6,16H2,1-2H3,(H,17,19)/t11-/m0/s1. The Morgan fingerprint density at radius 2 is 2.25 bits per heavy atom. The predicted molar refractivity (Wildman–Crippen MR) is 79.5 cm³/mol. The van der Waals surface area contributed by atoms with E-state index in [1.165, 1.54) is 0 Å². The molecule has 1 aromatic heterocycles. The number of nitrogens with zero attached hydrogens (tertiary/aromatic N) is 1. The highest BCUT2D eigenvalue weighted by molar-refractivity contribution is 5.96. The van der Waals surface area contributed by atoms with Crippen LogP contribution in [0, 0.1) is 0 Å². The Balaban J connectivity index is 2.07. The van der Waals surface area contributed by atoms with E-state index >= 15 is 0 Å². The number of carbonyl (C=O) groups excluding carboxylic acids is 1. The summed E-state index contributed by atoms with van der Waals surface area (Å²) < 4.78 is 5.53. The fourth-order valence-corrected chi connectivity index (χ4v) is 1.99. The average Bonchev–Trinajstić information content (AvgIpc) is 2.86. The van der Waals surface area contributed by atoms with E-state index in [0.717, 1.165) is 30.4 Å². The maximum atomic E-state index is 11.9. The van der Waals surface area contributed by atoms with Crippen LogP contribution in [0.25, 0.3) is 11.1 Å². The summed E-state index contributed by atoms with van der Waals surface area (Å²) in [5.41, 5.74) is 8.03. The summed E-state index contributed by atoms with van der Waals surface area (Å²) in [5, 5.41) is 2.82. The Labute approximate surface area is 118 Å². The molecule has 0 unspecified atom stereocenters. The van der Waals surface area contributed by atoms with Gasteiger partial charge in [-0.15, -0.1) is 0 Å². The van der Waals surface area contributed by atoms with Gasteiger partial charge < -0.3 is 15.5 Å². The van der Waals surface area contributed by atoms with E-state index in [-0.39, 0.29) is 5.91 Å². The molecule has 3 N–H and O–H groups in total. The Morgan fingerprint density at radius 3 is 2.95 bits per heavy atom. The topological polar surface area (TPSA) is 81.2 Å². The molecule has 5 nitrogen and oxygen atoms in total. The molecular formula is C15H21N3O2. The number of amides is 1. The number of fused-ring (bicyclic) bond motifs is 1. The maximum Gasteiger partial charge on any atom is 0.241 e. The molecule has 1 atom stereocenters. The lowest BCUT2D eigenvalue weighted by Gasteiger charge is -2.11. The normalized spacial score (nSPS) is 12.6. The van der Waals surface area contributed by atoms with Crippen LogP contribution < -0.4 is 11.1 Å². The molecule has 0 saturated carbocycles. The van der Waals surface area contributed by atoms with Gasteiger partial charge >= 0.3 is 0 Å². The van der Waals surface area contributed by atoms with Gasteiger partial charge in [-0.2, -0.15) is 0 Å². The van der Waals surface area contributed by atoms with Crippen molar-refractivity contribution in [2.24, 2.45) is 5.73 Å². The third kappa shape index (κ3) is 3.36. The number of hydrogen-bond acceptors (Lipinski definition) is 4. The van der Waals surface area contributed by atoms with Gasteiger partial charge in [0, 0.05) is 12.1 Å². The highest BCUT2D eigenvalue weighted by Crippen LogP contribution is 2.20. The van der Waals surface area contributed by atoms with Crippen LogP contribution >= 0.6 is 0 Å². The Kier molecular flexibility index (Phi) is 4.74. The summed E-state index contributed by atoms with van der Waals surface area (Å²) in [6.07, 6.45) is 3.44. The van der Waals surface area contributed by atoms with E-state index in [1.807, 2.05) is 19.1 Å². The lowest BCUT2D eigenvalue weighted by molar-refractivity contribution is -0.117. The number of hydrogen-bond donors (Lipinski definition) is 2. The fraction of sp³-hybridized carbons (Fsp3) is 0.467. The van der Waals surface area contributed by atoms with Gasteiger partial charge in [0.05, 0.1) is 6.04 Å². The van der Waals surface area contributed by atoms with Gasteiger partial charge in [0.15, 0.2) is 11.5 Å². The van der Waals surface area contributed by atoms with E-state index in [0.29, 0.717) is 18.0 Å². The van der Waals surface area contributed by atoms with Crippen molar-refractivity contribution in [1.82, 2.24) is 4.98 Å². The van der Waals surface area contributed by atoms with E-state index in [2.05, 4.69) is 17.2 Å². The molecule has 0 fully saturated rings. The number of aromatic nitrogens is 1. The van der Waals surface area contributed by atoms with Gasteiger partial charge in [-0.3, -0.25) is 4.79 Å². The van der Waals surface area contributed by atoms with Crippen molar-refractivity contribution >= 4 is 22.7 Å². The van der Waals surface area contributed by atoms with Crippen LogP contribution in [-0.2, 0) is 11.2 Å². The molecule has 0 bridgehead atoms. The first-order valence-electron chi connectivity index (χ1n) is 7.10. The third-order valence-electron chi connectivity index (χ3n) is 3.21. The molecule has 1 heterocycles. The molecule has 0 aliphatic carbocycles. The summed E-state index contributed by atoms with van der Waals surface area (Å²) in [7, 11) is 0. The number of rotatable bonds is 6. The molecule has 2 rings (SSSR count). The zero-order valence-electron chi connectivity index (χ0n) is 12.0. The largest absolute Gasteiger partial charge is 0.441 e. The van der Waals surface area contributed by atoms with Crippen LogP contribution in [0.5, 0.6) is 0 Å². The zero-order chi connectivity index (χ0) is 14.5. The highest BCUT2D eigenvalue weighted by atomic mass is 16.3. The van der Waals surface area contributed by atoms with Crippen LogP contribution in [-0.4, -0.2) is 16.9 Å². The second-order valence-electron chi connectivity index (χ2n) is 4.88. The van der Waals surface area contributed by atoms with Crippen LogP contribution in [0.3, 0.4) is 0 Å². The van der Waals surface area contributed by atoms with Crippen molar-refractivity contribution in [1.29, 1.82) is 0 Å². The second kappa shape index (κ2) is 6.52. The molecule has 20 heavy (non-hydrogen) atoms. The quantitative estimate of drug-likeness (QED) is 0.849. The number of nitrogens with one attached hydrogen (secondary N) is 1. The van der Waals surface area contributed by atoms with Crippen LogP contribution in [0.1, 0.15) is 39.0 Å². The lowest BCUT2D eigenvalue weighted by Crippen LogP contribution is -2.35. The number of unbranched alkanes of at least 4 members (excludes halogenated alkanes) is 1. The second-order valence-corrected chi connectivity index (χ2v) is 4.88. The van der Waals surface area contributed by atoms with Gasteiger partial charge in [0.25, 0.3) is 0 Å². The van der Waals surface area contributed by atoms with Gasteiger partial charge in [-0.25, -0.2) is 4.98 Å². The zero-order valence-corrected chi connectivity index (χ0v) is 12.0. The van der Waals surface area contributed by atoms with Gasteiger partial charge in [0.2, 0.25) is 5.91 Å². The number of carbonyl (C=O) groups is 1. The van der Waals surface area contributed by atoms with Crippen LogP contribution in [0.4, 0.5) is 5.69 Å². The average molecular weight is 275 g/mol. The number of benzene rings is 1. The number of aryl methyl sites for hydroxylation is 1. The smallest absolute Gasteiger partial charge is 0.241 e. The minimum atomic E-state index is -0.464. The summed E-state index contributed by atoms with van der Waals surface area (Å²) in [4.78, 5) is 16.3. The lowest BCUT2D eigenvalue weighted by atomic mass is 10.1. The molecule has 0 aliphatic heterocycles. The molecule has 1 amide bonds. The van der Waals surface area contributed by atoms with Crippen molar-refractivity contribution < 1.29 is 9.21 Å². The van der Waals surface area contributed by atoms with E-state index < -0.39 is 6.04 Å². The van der Waals surface area contributed by atoms with Crippen LogP contribution in [0.15, 0.2) is 22.6 Å². The SMILES string of the molecule is CCCC[C@H](N)C(=O)Nc1ccc2oc(CC)nc2c1.